The third kappa shape index (κ3) is 2.42. The maximum absolute atomic E-state index is 11.3. The number of carbonyl (C=O) groups excluding carboxylic acids is 1. The molecule has 1 aliphatic heterocycles. The fourth-order valence-corrected chi connectivity index (χ4v) is 1.82. The van der Waals surface area contributed by atoms with Crippen molar-refractivity contribution in [2.45, 2.75) is 50.5 Å². The van der Waals surface area contributed by atoms with Crippen LogP contribution in [0.1, 0.15) is 26.7 Å². The van der Waals surface area contributed by atoms with Crippen LogP contribution in [-0.4, -0.2) is 63.2 Å². The van der Waals surface area contributed by atoms with Crippen molar-refractivity contribution in [3.8, 4) is 0 Å². The van der Waals surface area contributed by atoms with Gasteiger partial charge < -0.3 is 29.9 Å². The first-order valence-electron chi connectivity index (χ1n) is 5.89. The zero-order valence-corrected chi connectivity index (χ0v) is 10.5. The predicted molar refractivity (Wildman–Crippen MR) is 59.4 cm³/mol. The molecule has 0 aliphatic carbocycles. The molecule has 1 aliphatic rings. The fourth-order valence-electron chi connectivity index (χ4n) is 1.82. The van der Waals surface area contributed by atoms with Gasteiger partial charge in [0.1, 0.15) is 6.10 Å². The molecule has 1 heterocycles. The molecule has 0 spiro atoms. The van der Waals surface area contributed by atoms with Gasteiger partial charge in [0, 0.05) is 6.92 Å². The topological polar surface area (TPSA) is 116 Å². The lowest BCUT2D eigenvalue weighted by Gasteiger charge is -2.30. The van der Waals surface area contributed by atoms with Crippen LogP contribution in [-0.2, 0) is 14.3 Å². The normalized spacial score (nSPS) is 40.1. The summed E-state index contributed by atoms with van der Waals surface area (Å²) in [5.41, 5.74) is 0. The molecule has 1 fully saturated rings. The van der Waals surface area contributed by atoms with Crippen LogP contribution in [0.25, 0.3) is 0 Å². The predicted octanol–water partition coefficient (Wildman–Crippen LogP) is -1.48. The minimum Gasteiger partial charge on any atom is -0.393 e. The van der Waals surface area contributed by atoms with Crippen LogP contribution in [0, 0.1) is 0 Å². The summed E-state index contributed by atoms with van der Waals surface area (Å²) in [5.74, 6) is -5.73. The second kappa shape index (κ2) is 5.60. The second-order valence-electron chi connectivity index (χ2n) is 4.40. The number of aliphatic hydroxyl groups is 4. The summed E-state index contributed by atoms with van der Waals surface area (Å²) in [6.45, 7) is 2.33. The maximum atomic E-state index is 11.3. The van der Waals surface area contributed by atoms with Crippen LogP contribution >= 0.6 is 0 Å². The van der Waals surface area contributed by atoms with Gasteiger partial charge in [0.05, 0.1) is 13.2 Å². The number of ketones is 1. The van der Waals surface area contributed by atoms with E-state index in [0.717, 1.165) is 13.3 Å². The van der Waals surface area contributed by atoms with E-state index in [4.69, 9.17) is 14.6 Å². The van der Waals surface area contributed by atoms with Crippen LogP contribution in [0.3, 0.4) is 0 Å². The molecule has 18 heavy (non-hydrogen) atoms. The summed E-state index contributed by atoms with van der Waals surface area (Å²) in [6, 6.07) is 0. The van der Waals surface area contributed by atoms with Gasteiger partial charge in [-0.3, -0.25) is 4.79 Å². The summed E-state index contributed by atoms with van der Waals surface area (Å²) < 4.78 is 9.95. The first-order valence-corrected chi connectivity index (χ1v) is 5.89. The molecule has 7 heteroatoms. The number of rotatable bonds is 6. The summed E-state index contributed by atoms with van der Waals surface area (Å²) in [4.78, 5) is 11.3. The Kier molecular flexibility index (Phi) is 4.82. The van der Waals surface area contributed by atoms with Crippen LogP contribution in [0.2, 0.25) is 0 Å². The molecule has 0 saturated carbocycles. The monoisotopic (exact) mass is 264 g/mol. The third-order valence-corrected chi connectivity index (χ3v) is 3.05. The van der Waals surface area contributed by atoms with E-state index in [2.05, 4.69) is 0 Å². The lowest BCUT2D eigenvalue weighted by molar-refractivity contribution is -0.269. The minimum absolute atomic E-state index is 0.109. The van der Waals surface area contributed by atoms with Crippen LogP contribution in [0.15, 0.2) is 0 Å². The standard InChI is InChI=1S/C11H20O7/c1-3-4-5-17-11(16)8(6-12)18-10(15,7(2)13)9(11)14/h8-9,12,14-16H,3-6H2,1-2H3/t8-,9+,10?,11-/m1/s1. The number of hydrogen-bond donors (Lipinski definition) is 4. The molecular weight excluding hydrogens is 244 g/mol. The first kappa shape index (κ1) is 15.5. The minimum atomic E-state index is -2.56. The second-order valence-corrected chi connectivity index (χ2v) is 4.40. The van der Waals surface area contributed by atoms with Gasteiger partial charge in [0.2, 0.25) is 5.79 Å². The number of carbonyl (C=O) groups is 1. The van der Waals surface area contributed by atoms with Crippen LogP contribution in [0.4, 0.5) is 0 Å². The Morgan fingerprint density at radius 1 is 1.44 bits per heavy atom. The van der Waals surface area contributed by atoms with E-state index in [1.165, 1.54) is 0 Å². The number of Topliss-reactive ketones (excluding diaryl/α,β-unsaturated/α-hetero) is 1. The van der Waals surface area contributed by atoms with Gasteiger partial charge in [-0.05, 0) is 6.42 Å². The molecule has 0 aromatic heterocycles. The molecule has 0 amide bonds. The number of hydrogen-bond acceptors (Lipinski definition) is 7. The molecule has 1 saturated heterocycles. The molecule has 0 aromatic carbocycles. The summed E-state index contributed by atoms with van der Waals surface area (Å²) in [5, 5.41) is 39.0. The highest BCUT2D eigenvalue weighted by molar-refractivity contribution is 5.84. The molecule has 0 aromatic rings. The summed E-state index contributed by atoms with van der Waals surface area (Å²) in [7, 11) is 0. The highest BCUT2D eigenvalue weighted by Gasteiger charge is 2.66. The Morgan fingerprint density at radius 2 is 2.06 bits per heavy atom. The Bertz CT molecular complexity index is 308. The lowest BCUT2D eigenvalue weighted by atomic mass is 9.98. The Morgan fingerprint density at radius 3 is 2.50 bits per heavy atom. The van der Waals surface area contributed by atoms with Crippen molar-refractivity contribution in [2.75, 3.05) is 13.2 Å². The van der Waals surface area contributed by atoms with Gasteiger partial charge in [-0.1, -0.05) is 13.3 Å². The van der Waals surface area contributed by atoms with Crippen molar-refractivity contribution in [1.29, 1.82) is 0 Å². The molecule has 0 radical (unpaired) electrons. The zero-order chi connectivity index (χ0) is 14.0. The molecule has 0 bridgehead atoms. The van der Waals surface area contributed by atoms with Crippen molar-refractivity contribution in [3.05, 3.63) is 0 Å². The van der Waals surface area contributed by atoms with Crippen molar-refractivity contribution in [3.63, 3.8) is 0 Å². The van der Waals surface area contributed by atoms with Crippen LogP contribution in [0.5, 0.6) is 0 Å². The quantitative estimate of drug-likeness (QED) is 0.341. The SMILES string of the molecule is CCCCO[C@]1(O)[C@@H](CO)OC(O)(C(C)=O)[C@@H]1O. The van der Waals surface area contributed by atoms with Gasteiger partial charge >= 0.3 is 0 Å². The molecule has 4 atom stereocenters. The van der Waals surface area contributed by atoms with Crippen molar-refractivity contribution in [2.24, 2.45) is 0 Å². The average molecular weight is 264 g/mol. The van der Waals surface area contributed by atoms with E-state index in [0.29, 0.717) is 6.42 Å². The van der Waals surface area contributed by atoms with Gasteiger partial charge in [-0.15, -0.1) is 0 Å². The largest absolute Gasteiger partial charge is 0.393 e. The Labute approximate surface area is 105 Å². The van der Waals surface area contributed by atoms with Crippen LogP contribution < -0.4 is 0 Å². The van der Waals surface area contributed by atoms with Crippen molar-refractivity contribution < 1.29 is 34.7 Å². The van der Waals surface area contributed by atoms with E-state index in [9.17, 15) is 20.1 Å². The highest BCUT2D eigenvalue weighted by atomic mass is 16.7. The third-order valence-electron chi connectivity index (χ3n) is 3.05. The van der Waals surface area contributed by atoms with Crippen molar-refractivity contribution >= 4 is 5.78 Å². The fraction of sp³-hybridized carbons (Fsp3) is 0.909. The molecule has 1 rings (SSSR count). The first-order chi connectivity index (χ1) is 8.32. The van der Waals surface area contributed by atoms with E-state index < -0.39 is 36.2 Å². The van der Waals surface area contributed by atoms with Gasteiger partial charge in [0.15, 0.2) is 11.9 Å². The van der Waals surface area contributed by atoms with Gasteiger partial charge in [0.25, 0.3) is 5.79 Å². The lowest BCUT2D eigenvalue weighted by Crippen LogP contribution is -2.56. The smallest absolute Gasteiger partial charge is 0.259 e. The van der Waals surface area contributed by atoms with E-state index >= 15 is 0 Å². The Hall–Kier alpha value is -0.570. The maximum Gasteiger partial charge on any atom is 0.259 e. The summed E-state index contributed by atoms with van der Waals surface area (Å²) in [6.07, 6.45) is -1.95. The molecule has 106 valence electrons. The number of unbranched alkanes of at least 4 members (excludes halogenated alkanes) is 1. The number of aliphatic hydroxyl groups excluding tert-OH is 2. The van der Waals surface area contributed by atoms with Gasteiger partial charge in [-0.2, -0.15) is 0 Å². The van der Waals surface area contributed by atoms with Crippen molar-refractivity contribution in [1.82, 2.24) is 0 Å². The molecule has 7 nitrogen and oxygen atoms in total. The van der Waals surface area contributed by atoms with Gasteiger partial charge in [-0.25, -0.2) is 0 Å². The Balaban J connectivity index is 2.91. The van der Waals surface area contributed by atoms with E-state index in [-0.39, 0.29) is 6.61 Å². The van der Waals surface area contributed by atoms with E-state index in [1.54, 1.807) is 0 Å². The highest BCUT2D eigenvalue weighted by Crippen LogP contribution is 2.38. The molecule has 4 N–H and O–H groups in total. The number of ether oxygens (including phenoxy) is 2. The molecular formula is C11H20O7. The summed E-state index contributed by atoms with van der Waals surface area (Å²) >= 11 is 0. The average Bonchev–Trinajstić information content (AvgIpc) is 2.52. The zero-order valence-electron chi connectivity index (χ0n) is 10.5. The molecule has 1 unspecified atom stereocenters. The van der Waals surface area contributed by atoms with E-state index in [1.807, 2.05) is 6.92 Å².